The second-order valence-corrected chi connectivity index (χ2v) is 8.81. The van der Waals surface area contributed by atoms with Crippen LogP contribution >= 0.6 is 0 Å². The SMILES string of the molecule is c1ccc(COc2ccc(-c3cc4c(C5OCC56CCNCC6)ncnc4[nH]3)cc2)cc1. The molecule has 0 aliphatic carbocycles. The minimum Gasteiger partial charge on any atom is -0.489 e. The Morgan fingerprint density at radius 2 is 1.81 bits per heavy atom. The topological polar surface area (TPSA) is 72.1 Å². The summed E-state index contributed by atoms with van der Waals surface area (Å²) in [6, 6.07) is 20.5. The number of hydrogen-bond donors (Lipinski definition) is 2. The maximum atomic E-state index is 6.06. The Morgan fingerprint density at radius 3 is 2.56 bits per heavy atom. The molecule has 2 N–H and O–H groups in total. The number of benzene rings is 2. The van der Waals surface area contributed by atoms with Crippen LogP contribution in [-0.4, -0.2) is 34.6 Å². The summed E-state index contributed by atoms with van der Waals surface area (Å²) in [6.45, 7) is 3.48. The zero-order valence-corrected chi connectivity index (χ0v) is 17.9. The second-order valence-electron chi connectivity index (χ2n) is 8.81. The predicted molar refractivity (Wildman–Crippen MR) is 123 cm³/mol. The zero-order valence-electron chi connectivity index (χ0n) is 17.9. The van der Waals surface area contributed by atoms with Gasteiger partial charge in [-0.25, -0.2) is 9.97 Å². The number of nitrogens with zero attached hydrogens (tertiary/aromatic N) is 2. The minimum atomic E-state index is 0.0486. The van der Waals surface area contributed by atoms with E-state index >= 15 is 0 Å². The third-order valence-corrected chi connectivity index (χ3v) is 6.81. The van der Waals surface area contributed by atoms with Crippen molar-refractivity contribution in [3.8, 4) is 17.0 Å². The highest BCUT2D eigenvalue weighted by Gasteiger charge is 2.50. The summed E-state index contributed by atoms with van der Waals surface area (Å²) in [4.78, 5) is 12.6. The number of nitrogens with one attached hydrogen (secondary N) is 2. The maximum Gasteiger partial charge on any atom is 0.141 e. The Morgan fingerprint density at radius 1 is 1.00 bits per heavy atom. The van der Waals surface area contributed by atoms with Crippen molar-refractivity contribution in [3.05, 3.63) is 78.2 Å². The van der Waals surface area contributed by atoms with Crippen LogP contribution in [0.3, 0.4) is 0 Å². The van der Waals surface area contributed by atoms with E-state index in [0.29, 0.717) is 6.61 Å². The van der Waals surface area contributed by atoms with E-state index in [1.54, 1.807) is 6.33 Å². The van der Waals surface area contributed by atoms with Crippen LogP contribution < -0.4 is 10.1 Å². The Labute approximate surface area is 187 Å². The van der Waals surface area contributed by atoms with E-state index in [4.69, 9.17) is 9.47 Å². The molecule has 2 saturated heterocycles. The molecular formula is C26H26N4O2. The molecule has 2 aliphatic heterocycles. The van der Waals surface area contributed by atoms with Gasteiger partial charge in [0.1, 0.15) is 30.4 Å². The van der Waals surface area contributed by atoms with Gasteiger partial charge in [-0.3, -0.25) is 0 Å². The van der Waals surface area contributed by atoms with Crippen molar-refractivity contribution < 1.29 is 9.47 Å². The van der Waals surface area contributed by atoms with Gasteiger partial charge in [0, 0.05) is 16.5 Å². The first-order valence-corrected chi connectivity index (χ1v) is 11.2. The number of fused-ring (bicyclic) bond motifs is 1. The first-order valence-electron chi connectivity index (χ1n) is 11.2. The number of piperidine rings is 1. The van der Waals surface area contributed by atoms with Crippen molar-refractivity contribution in [2.75, 3.05) is 19.7 Å². The normalized spacial score (nSPS) is 19.7. The molecular weight excluding hydrogens is 400 g/mol. The summed E-state index contributed by atoms with van der Waals surface area (Å²) < 4.78 is 12.0. The Balaban J connectivity index is 1.24. The van der Waals surface area contributed by atoms with Crippen molar-refractivity contribution >= 4 is 11.0 Å². The lowest BCUT2D eigenvalue weighted by atomic mass is 9.69. The Hall–Kier alpha value is -3.22. The second kappa shape index (κ2) is 8.04. The first kappa shape index (κ1) is 19.5. The molecule has 0 amide bonds. The highest BCUT2D eigenvalue weighted by Crippen LogP contribution is 2.52. The minimum absolute atomic E-state index is 0.0486. The predicted octanol–water partition coefficient (Wildman–Crippen LogP) is 4.65. The molecule has 32 heavy (non-hydrogen) atoms. The lowest BCUT2D eigenvalue weighted by Gasteiger charge is -2.51. The third kappa shape index (κ3) is 3.45. The van der Waals surface area contributed by atoms with Crippen molar-refractivity contribution in [2.24, 2.45) is 5.41 Å². The molecule has 2 fully saturated rings. The summed E-state index contributed by atoms with van der Waals surface area (Å²) in [6.07, 6.45) is 3.96. The van der Waals surface area contributed by atoms with Crippen LogP contribution in [0, 0.1) is 5.41 Å². The van der Waals surface area contributed by atoms with Gasteiger partial charge in [-0.1, -0.05) is 30.3 Å². The summed E-state index contributed by atoms with van der Waals surface area (Å²) in [5.41, 5.74) is 5.34. The molecule has 0 bridgehead atoms. The maximum absolute atomic E-state index is 6.06. The van der Waals surface area contributed by atoms with Crippen LogP contribution in [-0.2, 0) is 11.3 Å². The van der Waals surface area contributed by atoms with Crippen LogP contribution in [0.25, 0.3) is 22.3 Å². The molecule has 0 radical (unpaired) electrons. The molecule has 162 valence electrons. The van der Waals surface area contributed by atoms with E-state index in [1.807, 2.05) is 30.3 Å². The van der Waals surface area contributed by atoms with E-state index < -0.39 is 0 Å². The number of H-pyrrole nitrogens is 1. The van der Waals surface area contributed by atoms with Gasteiger partial charge >= 0.3 is 0 Å². The van der Waals surface area contributed by atoms with Crippen molar-refractivity contribution in [2.45, 2.75) is 25.6 Å². The highest BCUT2D eigenvalue weighted by atomic mass is 16.5. The summed E-state index contributed by atoms with van der Waals surface area (Å²) in [5, 5.41) is 4.51. The van der Waals surface area contributed by atoms with Gasteiger partial charge in [0.05, 0.1) is 12.3 Å². The van der Waals surface area contributed by atoms with Gasteiger partial charge < -0.3 is 19.8 Å². The standard InChI is InChI=1S/C26H26N4O2/c1-2-4-18(5-3-1)15-31-20-8-6-19(7-9-20)22-14-21-23(28-17-29-25(21)30-22)24-26(16-32-24)10-12-27-13-11-26/h1-9,14,17,24,27H,10-13,15-16H2,(H,28,29,30). The van der Waals surface area contributed by atoms with Gasteiger partial charge in [0.25, 0.3) is 0 Å². The van der Waals surface area contributed by atoms with Crippen molar-refractivity contribution in [3.63, 3.8) is 0 Å². The van der Waals surface area contributed by atoms with E-state index in [0.717, 1.165) is 71.8 Å². The van der Waals surface area contributed by atoms with Gasteiger partial charge in [-0.15, -0.1) is 0 Å². The molecule has 6 nitrogen and oxygen atoms in total. The average Bonchev–Trinajstić information content (AvgIpc) is 3.29. The Kier molecular flexibility index (Phi) is 4.89. The monoisotopic (exact) mass is 426 g/mol. The summed E-state index contributed by atoms with van der Waals surface area (Å²) in [5.74, 6) is 0.852. The number of aromatic nitrogens is 3. The molecule has 4 aromatic rings. The van der Waals surface area contributed by atoms with Crippen LogP contribution in [0.4, 0.5) is 0 Å². The van der Waals surface area contributed by atoms with E-state index in [1.165, 1.54) is 0 Å². The van der Waals surface area contributed by atoms with E-state index in [9.17, 15) is 0 Å². The summed E-state index contributed by atoms with van der Waals surface area (Å²) in [7, 11) is 0. The molecule has 1 atom stereocenters. The van der Waals surface area contributed by atoms with Gasteiger partial charge in [0.2, 0.25) is 0 Å². The quantitative estimate of drug-likeness (QED) is 0.486. The molecule has 1 spiro atoms. The lowest BCUT2D eigenvalue weighted by Crippen LogP contribution is -2.52. The number of rotatable bonds is 5. The fraction of sp³-hybridized carbons (Fsp3) is 0.308. The summed E-state index contributed by atoms with van der Waals surface area (Å²) >= 11 is 0. The van der Waals surface area contributed by atoms with Crippen LogP contribution in [0.2, 0.25) is 0 Å². The molecule has 2 aromatic heterocycles. The zero-order chi connectivity index (χ0) is 21.4. The van der Waals surface area contributed by atoms with Crippen molar-refractivity contribution in [1.29, 1.82) is 0 Å². The first-order chi connectivity index (χ1) is 15.8. The molecule has 2 aromatic carbocycles. The van der Waals surface area contributed by atoms with E-state index in [-0.39, 0.29) is 11.5 Å². The van der Waals surface area contributed by atoms with Gasteiger partial charge in [-0.2, -0.15) is 0 Å². The molecule has 0 saturated carbocycles. The Bertz CT molecular complexity index is 1210. The highest BCUT2D eigenvalue weighted by molar-refractivity contribution is 5.85. The van der Waals surface area contributed by atoms with Crippen LogP contribution in [0.5, 0.6) is 5.75 Å². The van der Waals surface area contributed by atoms with Crippen LogP contribution in [0.1, 0.15) is 30.2 Å². The number of ether oxygens (including phenoxy) is 2. The van der Waals surface area contributed by atoms with Gasteiger partial charge in [0.15, 0.2) is 0 Å². The van der Waals surface area contributed by atoms with Crippen molar-refractivity contribution in [1.82, 2.24) is 20.3 Å². The molecule has 2 aliphatic rings. The average molecular weight is 427 g/mol. The lowest BCUT2D eigenvalue weighted by molar-refractivity contribution is -0.204. The number of hydrogen-bond acceptors (Lipinski definition) is 5. The fourth-order valence-corrected chi connectivity index (χ4v) is 4.90. The smallest absolute Gasteiger partial charge is 0.141 e. The number of aromatic amines is 1. The van der Waals surface area contributed by atoms with E-state index in [2.05, 4.69) is 50.6 Å². The molecule has 6 heteroatoms. The van der Waals surface area contributed by atoms with Gasteiger partial charge in [-0.05, 0) is 67.4 Å². The molecule has 6 rings (SSSR count). The fourth-order valence-electron chi connectivity index (χ4n) is 4.90. The largest absolute Gasteiger partial charge is 0.489 e. The molecule has 1 unspecified atom stereocenters. The molecule has 4 heterocycles. The third-order valence-electron chi connectivity index (χ3n) is 6.81. The van der Waals surface area contributed by atoms with Crippen LogP contribution in [0.15, 0.2) is 67.0 Å².